The molecule has 3 aromatic rings. The van der Waals surface area contributed by atoms with Crippen molar-refractivity contribution in [1.82, 2.24) is 19.2 Å². The van der Waals surface area contributed by atoms with Crippen molar-refractivity contribution in [3.05, 3.63) is 41.6 Å². The first-order valence-corrected chi connectivity index (χ1v) is 8.70. The Balaban J connectivity index is 1.66. The minimum atomic E-state index is -0.224. The largest absolute Gasteiger partial charge is 0.491 e. The molecule has 0 saturated heterocycles. The number of nitrogens with one attached hydrogen (secondary N) is 1. The van der Waals surface area contributed by atoms with E-state index in [1.807, 2.05) is 40.5 Å². The van der Waals surface area contributed by atoms with Gasteiger partial charge in [0.05, 0.1) is 12.3 Å². The number of pyridine rings is 1. The maximum absolute atomic E-state index is 12.6. The summed E-state index contributed by atoms with van der Waals surface area (Å²) in [5, 5.41) is 7.32. The van der Waals surface area contributed by atoms with E-state index in [-0.39, 0.29) is 5.91 Å². The zero-order valence-electron chi connectivity index (χ0n) is 14.5. The highest BCUT2D eigenvalue weighted by atomic mass is 16.5. The molecule has 0 bridgehead atoms. The summed E-state index contributed by atoms with van der Waals surface area (Å²) in [6, 6.07) is 3.72. The molecule has 4 rings (SSSR count). The normalized spacial score (nSPS) is 13.2. The van der Waals surface area contributed by atoms with Gasteiger partial charge in [-0.2, -0.15) is 5.10 Å². The van der Waals surface area contributed by atoms with Crippen molar-refractivity contribution >= 4 is 17.2 Å². The Morgan fingerprint density at radius 3 is 2.96 bits per heavy atom. The average molecular weight is 339 g/mol. The molecule has 7 heteroatoms. The monoisotopic (exact) mass is 339 g/mol. The second-order valence-electron chi connectivity index (χ2n) is 6.14. The standard InChI is InChI=1S/C18H21N5O2/c1-3-12-10-22-11-15(16(25-4-2)9-17(22)19-12)20-18(24)14-8-13-6-5-7-23(13)21-14/h8-11H,3-7H2,1-2H3,(H,20,24). The summed E-state index contributed by atoms with van der Waals surface area (Å²) >= 11 is 0. The Hall–Kier alpha value is -2.83. The minimum absolute atomic E-state index is 0.224. The predicted octanol–water partition coefficient (Wildman–Crippen LogP) is 2.69. The number of carbonyl (C=O) groups is 1. The second kappa shape index (κ2) is 6.23. The molecule has 4 heterocycles. The zero-order valence-corrected chi connectivity index (χ0v) is 14.5. The SMILES string of the molecule is CCOc1cc2nc(CC)cn2cc1NC(=O)c1cc2n(n1)CCC2. The van der Waals surface area contributed by atoms with E-state index in [2.05, 4.69) is 22.3 Å². The van der Waals surface area contributed by atoms with Crippen LogP contribution in [0.3, 0.4) is 0 Å². The fraction of sp³-hybridized carbons (Fsp3) is 0.389. The third-order valence-corrected chi connectivity index (χ3v) is 4.41. The number of aryl methyl sites for hydroxylation is 3. The van der Waals surface area contributed by atoms with Crippen LogP contribution in [0, 0.1) is 0 Å². The van der Waals surface area contributed by atoms with E-state index in [4.69, 9.17) is 4.74 Å². The van der Waals surface area contributed by atoms with E-state index >= 15 is 0 Å². The van der Waals surface area contributed by atoms with E-state index in [1.165, 1.54) is 0 Å². The maximum Gasteiger partial charge on any atom is 0.276 e. The van der Waals surface area contributed by atoms with E-state index in [9.17, 15) is 4.79 Å². The molecule has 130 valence electrons. The van der Waals surface area contributed by atoms with Crippen LogP contribution in [0.2, 0.25) is 0 Å². The first-order chi connectivity index (χ1) is 12.2. The van der Waals surface area contributed by atoms with Crippen molar-refractivity contribution in [1.29, 1.82) is 0 Å². The lowest BCUT2D eigenvalue weighted by Crippen LogP contribution is -2.15. The van der Waals surface area contributed by atoms with Crippen LogP contribution in [0.5, 0.6) is 5.75 Å². The van der Waals surface area contributed by atoms with Gasteiger partial charge in [-0.1, -0.05) is 6.92 Å². The van der Waals surface area contributed by atoms with Crippen molar-refractivity contribution < 1.29 is 9.53 Å². The van der Waals surface area contributed by atoms with Crippen LogP contribution in [-0.4, -0.2) is 31.7 Å². The number of amides is 1. The summed E-state index contributed by atoms with van der Waals surface area (Å²) in [5.41, 5.74) is 3.98. The van der Waals surface area contributed by atoms with Gasteiger partial charge in [-0.05, 0) is 32.3 Å². The highest BCUT2D eigenvalue weighted by Crippen LogP contribution is 2.27. The highest BCUT2D eigenvalue weighted by molar-refractivity contribution is 6.03. The molecule has 3 aromatic heterocycles. The molecule has 0 saturated carbocycles. The van der Waals surface area contributed by atoms with Gasteiger partial charge in [-0.15, -0.1) is 0 Å². The number of hydrogen-bond donors (Lipinski definition) is 1. The average Bonchev–Trinajstić information content (AvgIpc) is 3.28. The lowest BCUT2D eigenvalue weighted by Gasteiger charge is -2.11. The van der Waals surface area contributed by atoms with Crippen LogP contribution in [0.1, 0.15) is 42.1 Å². The Labute approximate surface area is 145 Å². The number of hydrogen-bond acceptors (Lipinski definition) is 4. The van der Waals surface area contributed by atoms with Crippen LogP contribution in [0.4, 0.5) is 5.69 Å². The molecule has 0 fully saturated rings. The number of aromatic nitrogens is 4. The summed E-state index contributed by atoms with van der Waals surface area (Å²) in [4.78, 5) is 17.1. The highest BCUT2D eigenvalue weighted by Gasteiger charge is 2.19. The van der Waals surface area contributed by atoms with E-state index in [0.29, 0.717) is 23.7 Å². The molecular formula is C18H21N5O2. The van der Waals surface area contributed by atoms with Gasteiger partial charge in [0.25, 0.3) is 5.91 Å². The van der Waals surface area contributed by atoms with Gasteiger partial charge in [-0.3, -0.25) is 9.48 Å². The Morgan fingerprint density at radius 2 is 2.20 bits per heavy atom. The summed E-state index contributed by atoms with van der Waals surface area (Å²) in [5.74, 6) is 0.390. The quantitative estimate of drug-likeness (QED) is 0.776. The van der Waals surface area contributed by atoms with Crippen molar-refractivity contribution in [3.63, 3.8) is 0 Å². The van der Waals surface area contributed by atoms with Gasteiger partial charge in [0.15, 0.2) is 5.69 Å². The molecule has 1 N–H and O–H groups in total. The van der Waals surface area contributed by atoms with Crippen LogP contribution < -0.4 is 10.1 Å². The maximum atomic E-state index is 12.6. The van der Waals surface area contributed by atoms with Gasteiger partial charge >= 0.3 is 0 Å². The molecule has 1 aliphatic heterocycles. The van der Waals surface area contributed by atoms with Crippen molar-refractivity contribution in [2.75, 3.05) is 11.9 Å². The van der Waals surface area contributed by atoms with Crippen molar-refractivity contribution in [3.8, 4) is 5.75 Å². The Kier molecular flexibility index (Phi) is 3.91. The third kappa shape index (κ3) is 2.86. The van der Waals surface area contributed by atoms with Gasteiger partial charge in [0, 0.05) is 30.7 Å². The molecule has 0 spiro atoms. The van der Waals surface area contributed by atoms with E-state index in [0.717, 1.165) is 42.8 Å². The molecule has 25 heavy (non-hydrogen) atoms. The minimum Gasteiger partial charge on any atom is -0.491 e. The molecule has 1 aliphatic rings. The fourth-order valence-corrected chi connectivity index (χ4v) is 3.17. The van der Waals surface area contributed by atoms with Crippen LogP contribution in [-0.2, 0) is 19.4 Å². The number of fused-ring (bicyclic) bond motifs is 2. The summed E-state index contributed by atoms with van der Waals surface area (Å²) in [6.45, 7) is 5.37. The second-order valence-corrected chi connectivity index (χ2v) is 6.14. The predicted molar refractivity (Wildman–Crippen MR) is 94.2 cm³/mol. The van der Waals surface area contributed by atoms with E-state index in [1.54, 1.807) is 0 Å². The number of nitrogens with zero attached hydrogens (tertiary/aromatic N) is 4. The topological polar surface area (TPSA) is 73.5 Å². The summed E-state index contributed by atoms with van der Waals surface area (Å²) in [6.07, 6.45) is 6.73. The molecule has 0 aliphatic carbocycles. The van der Waals surface area contributed by atoms with Crippen molar-refractivity contribution in [2.45, 2.75) is 39.7 Å². The van der Waals surface area contributed by atoms with Gasteiger partial charge in [-0.25, -0.2) is 4.98 Å². The zero-order chi connectivity index (χ0) is 17.4. The molecule has 0 aromatic carbocycles. The smallest absolute Gasteiger partial charge is 0.276 e. The summed E-state index contributed by atoms with van der Waals surface area (Å²) < 4.78 is 9.51. The van der Waals surface area contributed by atoms with Crippen molar-refractivity contribution in [2.24, 2.45) is 0 Å². The summed E-state index contributed by atoms with van der Waals surface area (Å²) in [7, 11) is 0. The first kappa shape index (κ1) is 15.7. The molecule has 0 atom stereocenters. The number of ether oxygens (including phenoxy) is 1. The third-order valence-electron chi connectivity index (χ3n) is 4.41. The van der Waals surface area contributed by atoms with E-state index < -0.39 is 0 Å². The van der Waals surface area contributed by atoms with Gasteiger partial charge in [0.2, 0.25) is 0 Å². The molecule has 1 amide bonds. The number of carbonyl (C=O) groups excluding carboxylic acids is 1. The molecule has 0 radical (unpaired) electrons. The Morgan fingerprint density at radius 1 is 1.32 bits per heavy atom. The van der Waals surface area contributed by atoms with Gasteiger partial charge < -0.3 is 14.5 Å². The number of anilines is 1. The fourth-order valence-electron chi connectivity index (χ4n) is 3.17. The molecule has 0 unspecified atom stereocenters. The van der Waals surface area contributed by atoms with Crippen LogP contribution in [0.15, 0.2) is 24.5 Å². The lowest BCUT2D eigenvalue weighted by molar-refractivity contribution is 0.102. The molecule has 7 nitrogen and oxygen atoms in total. The van der Waals surface area contributed by atoms with Crippen LogP contribution in [0.25, 0.3) is 5.65 Å². The lowest BCUT2D eigenvalue weighted by atomic mass is 10.2. The Bertz CT molecular complexity index is 919. The first-order valence-electron chi connectivity index (χ1n) is 8.70. The number of rotatable bonds is 5. The van der Waals surface area contributed by atoms with Crippen LogP contribution >= 0.6 is 0 Å². The molecular weight excluding hydrogens is 318 g/mol. The number of imidazole rings is 1. The van der Waals surface area contributed by atoms with Gasteiger partial charge in [0.1, 0.15) is 17.1 Å².